The Hall–Kier alpha value is -4.63. The maximum Gasteiger partial charge on any atom is 0.416 e. The van der Waals surface area contributed by atoms with E-state index in [0.29, 0.717) is 23.3 Å². The van der Waals surface area contributed by atoms with Gasteiger partial charge in [0.1, 0.15) is 11.9 Å². The highest BCUT2D eigenvalue weighted by atomic mass is 19.4. The van der Waals surface area contributed by atoms with Gasteiger partial charge in [-0.05, 0) is 84.5 Å². The quantitative estimate of drug-likeness (QED) is 0.264. The van der Waals surface area contributed by atoms with Gasteiger partial charge >= 0.3 is 30.7 Å². The van der Waals surface area contributed by atoms with Crippen LogP contribution in [0.25, 0.3) is 11.1 Å². The maximum atomic E-state index is 14.0. The van der Waals surface area contributed by atoms with E-state index in [1.807, 2.05) is 0 Å². The first kappa shape index (κ1) is 33.3. The predicted octanol–water partition coefficient (Wildman–Crippen LogP) is 8.56. The van der Waals surface area contributed by atoms with Crippen molar-refractivity contribution < 1.29 is 58.6 Å². The van der Waals surface area contributed by atoms with Gasteiger partial charge in [0.2, 0.25) is 0 Å². The monoisotopic (exact) mass is 687 g/mol. The van der Waals surface area contributed by atoms with Gasteiger partial charge in [-0.25, -0.2) is 9.59 Å². The van der Waals surface area contributed by atoms with Crippen molar-refractivity contribution in [1.82, 2.24) is 15.5 Å². The Morgan fingerprint density at radius 1 is 0.750 bits per heavy atom. The molecule has 3 heterocycles. The Kier molecular flexibility index (Phi) is 7.98. The summed E-state index contributed by atoms with van der Waals surface area (Å²) in [6.45, 7) is 1.76. The molecule has 6 rings (SSSR count). The molecule has 0 bridgehead atoms. The number of carbonyl (C=O) groups is 2. The second-order valence-corrected chi connectivity index (χ2v) is 11.9. The zero-order valence-electron chi connectivity index (χ0n) is 25.0. The summed E-state index contributed by atoms with van der Waals surface area (Å²) in [6.07, 6.45) is -17.7. The lowest BCUT2D eigenvalue weighted by atomic mass is 9.89. The number of hydrogen-bond donors (Lipinski definition) is 2. The largest absolute Gasteiger partial charge is 0.496 e. The minimum Gasteiger partial charge on any atom is -0.496 e. The highest BCUT2D eigenvalue weighted by Crippen LogP contribution is 2.51. The molecule has 3 aliphatic rings. The topological polar surface area (TPSA) is 79.9 Å². The molecule has 48 heavy (non-hydrogen) atoms. The van der Waals surface area contributed by atoms with Gasteiger partial charge < -0.3 is 20.1 Å². The van der Waals surface area contributed by atoms with Crippen molar-refractivity contribution in [2.75, 3.05) is 7.11 Å². The lowest BCUT2D eigenvalue weighted by Crippen LogP contribution is -2.31. The van der Waals surface area contributed by atoms with Crippen molar-refractivity contribution in [3.8, 4) is 16.9 Å². The number of cyclic esters (lactones) is 1. The number of nitrogens with one attached hydrogen (secondary N) is 2. The fourth-order valence-corrected chi connectivity index (χ4v) is 6.74. The summed E-state index contributed by atoms with van der Waals surface area (Å²) < 4.78 is 135. The summed E-state index contributed by atoms with van der Waals surface area (Å²) >= 11 is 0. The first-order valence-electron chi connectivity index (χ1n) is 14.6. The van der Waals surface area contributed by atoms with Crippen LogP contribution in [0.5, 0.6) is 5.75 Å². The van der Waals surface area contributed by atoms with Crippen molar-refractivity contribution in [3.63, 3.8) is 0 Å². The van der Waals surface area contributed by atoms with Gasteiger partial charge in [0.25, 0.3) is 0 Å². The number of rotatable bonds is 5. The normalized spacial score (nSPS) is 24.3. The molecule has 0 radical (unpaired) electrons. The smallest absolute Gasteiger partial charge is 0.416 e. The molecule has 256 valence electrons. The second kappa shape index (κ2) is 11.5. The number of halogens is 9. The molecular weight excluding hydrogens is 661 g/mol. The third-order valence-corrected chi connectivity index (χ3v) is 8.91. The molecule has 7 nitrogen and oxygen atoms in total. The number of ether oxygens (including phenoxy) is 2. The predicted molar refractivity (Wildman–Crippen MR) is 151 cm³/mol. The molecule has 3 saturated heterocycles. The van der Waals surface area contributed by atoms with Gasteiger partial charge in [0.15, 0.2) is 0 Å². The molecule has 0 saturated carbocycles. The van der Waals surface area contributed by atoms with E-state index < -0.39 is 77.1 Å². The lowest BCUT2D eigenvalue weighted by molar-refractivity contribution is -0.143. The van der Waals surface area contributed by atoms with Crippen LogP contribution >= 0.6 is 0 Å². The third kappa shape index (κ3) is 5.96. The number of carbonyl (C=O) groups excluding carboxylic acids is 2. The van der Waals surface area contributed by atoms with Crippen molar-refractivity contribution in [1.29, 1.82) is 0 Å². The lowest BCUT2D eigenvalue weighted by Gasteiger charge is -2.27. The summed E-state index contributed by atoms with van der Waals surface area (Å²) in [4.78, 5) is 26.3. The van der Waals surface area contributed by atoms with Crippen LogP contribution in [0, 0.1) is 0 Å². The van der Waals surface area contributed by atoms with Crippen LogP contribution in [0.1, 0.15) is 71.3 Å². The number of methoxy groups -OCH3 is 1. The summed E-state index contributed by atoms with van der Waals surface area (Å²) in [7, 11) is 1.35. The Labute approximate surface area is 267 Å². The molecule has 0 unspecified atom stereocenters. The van der Waals surface area contributed by atoms with Crippen LogP contribution in [0.4, 0.5) is 49.1 Å². The molecule has 5 atom stereocenters. The number of amides is 3. The van der Waals surface area contributed by atoms with E-state index in [1.54, 1.807) is 25.1 Å². The van der Waals surface area contributed by atoms with Gasteiger partial charge in [0, 0.05) is 5.56 Å². The van der Waals surface area contributed by atoms with Gasteiger partial charge in [-0.15, -0.1) is 0 Å². The van der Waals surface area contributed by atoms with Crippen molar-refractivity contribution in [3.05, 3.63) is 88.0 Å². The Bertz CT molecular complexity index is 1740. The average Bonchev–Trinajstić information content (AvgIpc) is 3.69. The number of nitrogens with zero attached hydrogens (tertiary/aromatic N) is 1. The molecule has 0 aliphatic carbocycles. The molecule has 3 aliphatic heterocycles. The van der Waals surface area contributed by atoms with Gasteiger partial charge in [-0.3, -0.25) is 4.90 Å². The van der Waals surface area contributed by atoms with Crippen molar-refractivity contribution >= 4 is 12.1 Å². The number of alkyl halides is 9. The zero-order valence-corrected chi connectivity index (χ0v) is 25.0. The van der Waals surface area contributed by atoms with Crippen LogP contribution in [-0.2, 0) is 23.3 Å². The summed E-state index contributed by atoms with van der Waals surface area (Å²) in [5.74, 6) is 0.254. The number of fused-ring (bicyclic) bond motifs is 1. The minimum atomic E-state index is -5.15. The van der Waals surface area contributed by atoms with Crippen LogP contribution in [0.3, 0.4) is 0 Å². The van der Waals surface area contributed by atoms with E-state index in [2.05, 4.69) is 10.6 Å². The fourth-order valence-electron chi connectivity index (χ4n) is 6.74. The van der Waals surface area contributed by atoms with E-state index in [0.717, 1.165) is 17.0 Å². The molecule has 3 aromatic rings. The van der Waals surface area contributed by atoms with Crippen LogP contribution in [-0.4, -0.2) is 36.2 Å². The highest BCUT2D eigenvalue weighted by molar-refractivity contribution is 5.80. The number of benzene rings is 3. The third-order valence-electron chi connectivity index (χ3n) is 8.91. The van der Waals surface area contributed by atoms with Crippen molar-refractivity contribution in [2.45, 2.75) is 68.6 Å². The van der Waals surface area contributed by atoms with Gasteiger partial charge in [-0.2, -0.15) is 39.5 Å². The highest BCUT2D eigenvalue weighted by Gasteiger charge is 2.52. The number of hydrogen-bond acceptors (Lipinski definition) is 4. The summed E-state index contributed by atoms with van der Waals surface area (Å²) in [6, 6.07) is 5.30. The first-order valence-corrected chi connectivity index (χ1v) is 14.6. The molecule has 2 N–H and O–H groups in total. The van der Waals surface area contributed by atoms with Gasteiger partial charge in [0.05, 0.1) is 48.0 Å². The molecule has 3 fully saturated rings. The molecule has 3 aromatic carbocycles. The molecular formula is C32H26F9N3O4. The summed E-state index contributed by atoms with van der Waals surface area (Å²) in [5.41, 5.74) is -3.60. The SMILES string of the molecule is COc1ccc([C@H]2NC(=O)N[C@H]2C)cc1-c1ccc(C(F)(F)F)cc1[C@@H]1CC[C@H]2[C@@H](c3cc(C(F)(F)F)cc(C(F)(F)F)c3)OC(=O)N12. The zero-order chi connectivity index (χ0) is 34.9. The van der Waals surface area contributed by atoms with Crippen molar-refractivity contribution in [2.24, 2.45) is 0 Å². The second-order valence-electron chi connectivity index (χ2n) is 11.9. The molecule has 3 amide bonds. The van der Waals surface area contributed by atoms with Crippen LogP contribution < -0.4 is 15.4 Å². The number of urea groups is 1. The van der Waals surface area contributed by atoms with E-state index in [1.165, 1.54) is 13.2 Å². The maximum absolute atomic E-state index is 14.0. The molecule has 0 spiro atoms. The van der Waals surface area contributed by atoms with E-state index >= 15 is 0 Å². The first-order chi connectivity index (χ1) is 22.4. The van der Waals surface area contributed by atoms with Gasteiger partial charge in [-0.1, -0.05) is 12.1 Å². The minimum absolute atomic E-state index is 0.00280. The Morgan fingerprint density at radius 3 is 1.96 bits per heavy atom. The molecule has 16 heteroatoms. The van der Waals surface area contributed by atoms with E-state index in [4.69, 9.17) is 9.47 Å². The van der Waals surface area contributed by atoms with E-state index in [-0.39, 0.29) is 41.8 Å². The standard InChI is InChI=1S/C32H26F9N3O4/c1-14-26(43-28(45)42-14)15-3-8-25(47-2)22(11-15)20-5-4-17(30(33,34)35)13-21(20)23-6-7-24-27(48-29(46)44(23)24)16-9-18(31(36,37)38)12-19(10-16)32(39,40)41/h3-5,8-14,23-24,26-27H,6-7H2,1-2H3,(H2,42,43,45)/t14-,23-,24-,26-,27+/m0/s1. The Balaban J connectivity index is 1.45. The fraction of sp³-hybridized carbons (Fsp3) is 0.375. The average molecular weight is 688 g/mol. The Morgan fingerprint density at radius 2 is 1.40 bits per heavy atom. The molecule has 0 aromatic heterocycles. The summed E-state index contributed by atoms with van der Waals surface area (Å²) in [5, 5.41) is 5.48. The van der Waals surface area contributed by atoms with Crippen LogP contribution in [0.2, 0.25) is 0 Å². The van der Waals surface area contributed by atoms with E-state index in [9.17, 15) is 49.1 Å². The van der Waals surface area contributed by atoms with Crippen LogP contribution in [0.15, 0.2) is 54.6 Å².